The number of nitrogens with zero attached hydrogens (tertiary/aromatic N) is 3. The zero-order valence-corrected chi connectivity index (χ0v) is 15.9. The molecule has 2 aromatic carbocycles. The van der Waals surface area contributed by atoms with Crippen molar-refractivity contribution in [3.8, 4) is 22.5 Å². The van der Waals surface area contributed by atoms with E-state index in [1.807, 2.05) is 0 Å². The number of nitrogens with one attached hydrogen (secondary N) is 1. The smallest absolute Gasteiger partial charge is 0.241 e. The maximum Gasteiger partial charge on any atom is 0.241 e. The number of carbonyl (C=O) groups is 1. The first-order valence-corrected chi connectivity index (χ1v) is 9.09. The molecule has 0 aliphatic carbocycles. The van der Waals surface area contributed by atoms with Crippen LogP contribution in [0, 0.1) is 18.6 Å². The molecule has 0 fully saturated rings. The normalized spacial score (nSPS) is 10.8. The number of benzene rings is 2. The maximum atomic E-state index is 14.1. The van der Waals surface area contributed by atoms with Gasteiger partial charge in [-0.25, -0.2) is 18.7 Å². The molecule has 1 N–H and O–H groups in total. The molecule has 150 valence electrons. The Bertz CT molecular complexity index is 1210. The van der Waals surface area contributed by atoms with Gasteiger partial charge in [-0.2, -0.15) is 0 Å². The maximum absolute atomic E-state index is 14.1. The molecule has 0 saturated carbocycles. The van der Waals surface area contributed by atoms with Crippen molar-refractivity contribution in [1.82, 2.24) is 15.1 Å². The molecule has 0 aliphatic rings. The fourth-order valence-corrected chi connectivity index (χ4v) is 2.97. The lowest BCUT2D eigenvalue weighted by atomic mass is 10.0. The highest BCUT2D eigenvalue weighted by Gasteiger charge is 2.23. The lowest BCUT2D eigenvalue weighted by molar-refractivity contribution is -0.115. The van der Waals surface area contributed by atoms with Crippen molar-refractivity contribution in [1.29, 1.82) is 0 Å². The van der Waals surface area contributed by atoms with E-state index < -0.39 is 17.5 Å². The number of rotatable bonds is 5. The fourth-order valence-electron chi connectivity index (χ4n) is 2.97. The van der Waals surface area contributed by atoms with Gasteiger partial charge in [-0.1, -0.05) is 35.5 Å². The van der Waals surface area contributed by atoms with E-state index in [0.717, 1.165) is 0 Å². The number of carbonyl (C=O) groups excluding carboxylic acids is 1. The van der Waals surface area contributed by atoms with E-state index in [1.54, 1.807) is 37.3 Å². The van der Waals surface area contributed by atoms with Crippen LogP contribution in [0.5, 0.6) is 0 Å². The van der Waals surface area contributed by atoms with Crippen LogP contribution in [0.25, 0.3) is 22.5 Å². The standard InChI is InChI=1S/C22H16F2N4O2/c1-13-6-7-15(10-17(13)24)21-20(18-8-9-25-12-26-18)22(30-28-21)27-19(29)11-14-4-2-3-5-16(14)23/h2-10,12H,11H2,1H3,(H,27,29). The fraction of sp³-hybridized carbons (Fsp3) is 0.0909. The molecule has 4 aromatic rings. The predicted octanol–water partition coefficient (Wildman–Crippen LogP) is 4.57. The zero-order valence-electron chi connectivity index (χ0n) is 15.9. The first-order chi connectivity index (χ1) is 14.5. The van der Waals surface area contributed by atoms with Gasteiger partial charge in [0.15, 0.2) is 0 Å². The molecule has 6 nitrogen and oxygen atoms in total. The summed E-state index contributed by atoms with van der Waals surface area (Å²) in [5, 5.41) is 6.63. The Morgan fingerprint density at radius 3 is 2.67 bits per heavy atom. The van der Waals surface area contributed by atoms with Crippen molar-refractivity contribution in [3.63, 3.8) is 0 Å². The van der Waals surface area contributed by atoms with Gasteiger partial charge in [-0.15, -0.1) is 0 Å². The molecule has 0 atom stereocenters. The Kier molecular flexibility index (Phi) is 5.30. The lowest BCUT2D eigenvalue weighted by Crippen LogP contribution is -2.15. The molecule has 0 aliphatic heterocycles. The lowest BCUT2D eigenvalue weighted by Gasteiger charge is -2.07. The molecule has 2 aromatic heterocycles. The van der Waals surface area contributed by atoms with E-state index in [1.165, 1.54) is 30.7 Å². The van der Waals surface area contributed by atoms with E-state index in [4.69, 9.17) is 4.52 Å². The molecule has 4 rings (SSSR count). The van der Waals surface area contributed by atoms with E-state index >= 15 is 0 Å². The van der Waals surface area contributed by atoms with E-state index in [0.29, 0.717) is 28.1 Å². The van der Waals surface area contributed by atoms with E-state index in [9.17, 15) is 13.6 Å². The molecule has 0 radical (unpaired) electrons. The van der Waals surface area contributed by atoms with Gasteiger partial charge >= 0.3 is 0 Å². The number of aryl methyl sites for hydroxylation is 1. The number of hydrogen-bond donors (Lipinski definition) is 1. The third-order valence-corrected chi connectivity index (χ3v) is 4.54. The molecule has 2 heterocycles. The second kappa shape index (κ2) is 8.20. The van der Waals surface area contributed by atoms with E-state index in [2.05, 4.69) is 20.4 Å². The molecule has 8 heteroatoms. The number of anilines is 1. The highest BCUT2D eigenvalue weighted by atomic mass is 19.1. The SMILES string of the molecule is Cc1ccc(-c2noc(NC(=O)Cc3ccccc3F)c2-c2ccncn2)cc1F. The van der Waals surface area contributed by atoms with Gasteiger partial charge < -0.3 is 4.52 Å². The van der Waals surface area contributed by atoms with Crippen LogP contribution in [-0.2, 0) is 11.2 Å². The number of halogens is 2. The molecule has 1 amide bonds. The third kappa shape index (κ3) is 3.93. The van der Waals surface area contributed by atoms with Crippen molar-refractivity contribution in [2.75, 3.05) is 5.32 Å². The highest BCUT2D eigenvalue weighted by Crippen LogP contribution is 2.37. The number of hydrogen-bond acceptors (Lipinski definition) is 5. The minimum Gasteiger partial charge on any atom is -0.337 e. The van der Waals surface area contributed by atoms with Crippen molar-refractivity contribution >= 4 is 11.8 Å². The molecule has 0 spiro atoms. The van der Waals surface area contributed by atoms with Crippen LogP contribution in [-0.4, -0.2) is 21.0 Å². The van der Waals surface area contributed by atoms with Gasteiger partial charge in [0, 0.05) is 11.8 Å². The summed E-state index contributed by atoms with van der Waals surface area (Å²) in [7, 11) is 0. The Morgan fingerprint density at radius 2 is 1.93 bits per heavy atom. The monoisotopic (exact) mass is 406 g/mol. The van der Waals surface area contributed by atoms with E-state index in [-0.39, 0.29) is 17.9 Å². The molecular weight excluding hydrogens is 390 g/mol. The average molecular weight is 406 g/mol. The summed E-state index contributed by atoms with van der Waals surface area (Å²) in [6.45, 7) is 1.65. The van der Waals surface area contributed by atoms with Crippen LogP contribution in [0.1, 0.15) is 11.1 Å². The van der Waals surface area contributed by atoms with Crippen LogP contribution in [0.15, 0.2) is 65.6 Å². The Hall–Kier alpha value is -3.94. The molecule has 30 heavy (non-hydrogen) atoms. The van der Waals surface area contributed by atoms with Gasteiger partial charge in [0.05, 0.1) is 17.7 Å². The summed E-state index contributed by atoms with van der Waals surface area (Å²) < 4.78 is 33.3. The predicted molar refractivity (Wildman–Crippen MR) is 106 cm³/mol. The van der Waals surface area contributed by atoms with Crippen molar-refractivity contribution in [2.24, 2.45) is 0 Å². The van der Waals surface area contributed by atoms with Crippen molar-refractivity contribution in [3.05, 3.63) is 83.8 Å². The summed E-state index contributed by atoms with van der Waals surface area (Å²) in [6.07, 6.45) is 2.68. The Morgan fingerprint density at radius 1 is 1.10 bits per heavy atom. The minimum atomic E-state index is -0.492. The van der Waals surface area contributed by atoms with Crippen LogP contribution >= 0.6 is 0 Å². The van der Waals surface area contributed by atoms with Crippen molar-refractivity contribution < 1.29 is 18.1 Å². The Labute approximate surface area is 170 Å². The van der Waals surface area contributed by atoms with Gasteiger partial charge in [0.1, 0.15) is 23.7 Å². The Balaban J connectivity index is 1.71. The van der Waals surface area contributed by atoms with Crippen LogP contribution in [0.3, 0.4) is 0 Å². The second-order valence-corrected chi connectivity index (χ2v) is 6.61. The summed E-state index contributed by atoms with van der Waals surface area (Å²) in [4.78, 5) is 20.6. The summed E-state index contributed by atoms with van der Waals surface area (Å²) in [6, 6.07) is 12.3. The second-order valence-electron chi connectivity index (χ2n) is 6.61. The van der Waals surface area contributed by atoms with Gasteiger partial charge in [0.25, 0.3) is 0 Å². The van der Waals surface area contributed by atoms with Gasteiger partial charge in [0.2, 0.25) is 11.8 Å². The minimum absolute atomic E-state index is 0.0334. The summed E-state index contributed by atoms with van der Waals surface area (Å²) >= 11 is 0. The molecule has 0 saturated heterocycles. The molecule has 0 unspecified atom stereocenters. The van der Waals surface area contributed by atoms with Gasteiger partial charge in [-0.05, 0) is 36.2 Å². The number of aromatic nitrogens is 3. The van der Waals surface area contributed by atoms with Crippen molar-refractivity contribution in [2.45, 2.75) is 13.3 Å². The molecular formula is C22H16F2N4O2. The summed E-state index contributed by atoms with van der Waals surface area (Å²) in [5.41, 5.74) is 2.33. The largest absolute Gasteiger partial charge is 0.337 e. The summed E-state index contributed by atoms with van der Waals surface area (Å²) in [5.74, 6) is -1.33. The first kappa shape index (κ1) is 19.4. The topological polar surface area (TPSA) is 80.9 Å². The van der Waals surface area contributed by atoms with Crippen LogP contribution in [0.2, 0.25) is 0 Å². The zero-order chi connectivity index (χ0) is 21.1. The number of amides is 1. The van der Waals surface area contributed by atoms with Crippen LogP contribution in [0.4, 0.5) is 14.7 Å². The first-order valence-electron chi connectivity index (χ1n) is 9.09. The van der Waals surface area contributed by atoms with Crippen LogP contribution < -0.4 is 5.32 Å². The quantitative estimate of drug-likeness (QED) is 0.525. The average Bonchev–Trinajstić information content (AvgIpc) is 3.15. The highest BCUT2D eigenvalue weighted by molar-refractivity contribution is 5.97. The third-order valence-electron chi connectivity index (χ3n) is 4.54. The van der Waals surface area contributed by atoms with Gasteiger partial charge in [-0.3, -0.25) is 10.1 Å². The molecule has 0 bridgehead atoms.